The summed E-state index contributed by atoms with van der Waals surface area (Å²) in [4.78, 5) is 11.9. The van der Waals surface area contributed by atoms with Gasteiger partial charge in [-0.1, -0.05) is 6.92 Å². The van der Waals surface area contributed by atoms with Crippen LogP contribution in [0.3, 0.4) is 0 Å². The zero-order chi connectivity index (χ0) is 13.7. The number of hydrogen-bond acceptors (Lipinski definition) is 5. The number of esters is 1. The summed E-state index contributed by atoms with van der Waals surface area (Å²) in [7, 11) is 2.97. The third kappa shape index (κ3) is 2.87. The lowest BCUT2D eigenvalue weighted by Gasteiger charge is -2.14. The van der Waals surface area contributed by atoms with Gasteiger partial charge in [0.1, 0.15) is 17.1 Å². The molecule has 1 aromatic carbocycles. The van der Waals surface area contributed by atoms with Gasteiger partial charge < -0.3 is 19.9 Å². The van der Waals surface area contributed by atoms with Gasteiger partial charge in [0.25, 0.3) is 0 Å². The number of rotatable bonds is 5. The van der Waals surface area contributed by atoms with Gasteiger partial charge in [-0.15, -0.1) is 0 Å². The molecule has 0 amide bonds. The topological polar surface area (TPSA) is 70.8 Å². The minimum atomic E-state index is -0.501. The molecule has 6 heteroatoms. The largest absolute Gasteiger partial charge is 0.495 e. The van der Waals surface area contributed by atoms with E-state index < -0.39 is 5.97 Å². The molecular formula is C12H16BrNO4. The molecule has 2 N–H and O–H groups in total. The van der Waals surface area contributed by atoms with Crippen LogP contribution < -0.4 is 15.2 Å². The standard InChI is InChI=1S/C12H16BrNO4/c1-4-5-18-12(15)9-10(13)7(16-2)6-8(17-3)11(9)14/h6H,4-5,14H2,1-3H3. The van der Waals surface area contributed by atoms with E-state index in [9.17, 15) is 4.79 Å². The number of nitrogen functional groups attached to an aromatic ring is 1. The molecule has 0 heterocycles. The molecule has 0 aliphatic carbocycles. The Labute approximate surface area is 114 Å². The van der Waals surface area contributed by atoms with Crippen molar-refractivity contribution < 1.29 is 19.0 Å². The van der Waals surface area contributed by atoms with E-state index in [4.69, 9.17) is 19.9 Å². The van der Waals surface area contributed by atoms with Gasteiger partial charge in [-0.3, -0.25) is 0 Å². The van der Waals surface area contributed by atoms with E-state index in [0.717, 1.165) is 6.42 Å². The summed E-state index contributed by atoms with van der Waals surface area (Å²) in [5, 5.41) is 0. The first-order valence-corrected chi connectivity index (χ1v) is 6.23. The van der Waals surface area contributed by atoms with Crippen LogP contribution in [0.25, 0.3) is 0 Å². The first kappa shape index (κ1) is 14.6. The highest BCUT2D eigenvalue weighted by Crippen LogP contribution is 2.39. The molecule has 0 aliphatic heterocycles. The van der Waals surface area contributed by atoms with Gasteiger partial charge in [-0.2, -0.15) is 0 Å². The van der Waals surface area contributed by atoms with Crippen LogP contribution in [0, 0.1) is 0 Å². The monoisotopic (exact) mass is 317 g/mol. The van der Waals surface area contributed by atoms with Crippen molar-refractivity contribution in [1.29, 1.82) is 0 Å². The molecule has 0 saturated heterocycles. The third-order valence-electron chi connectivity index (χ3n) is 2.31. The van der Waals surface area contributed by atoms with E-state index in [1.807, 2.05) is 6.92 Å². The van der Waals surface area contributed by atoms with Crippen LogP contribution in [-0.2, 0) is 4.74 Å². The minimum Gasteiger partial charge on any atom is -0.495 e. The third-order valence-corrected chi connectivity index (χ3v) is 3.10. The van der Waals surface area contributed by atoms with Crippen molar-refractivity contribution in [3.05, 3.63) is 16.1 Å². The fourth-order valence-corrected chi connectivity index (χ4v) is 2.06. The van der Waals surface area contributed by atoms with Crippen LogP contribution in [0.5, 0.6) is 11.5 Å². The number of ether oxygens (including phenoxy) is 3. The molecule has 0 fully saturated rings. The highest BCUT2D eigenvalue weighted by atomic mass is 79.9. The molecule has 0 saturated carbocycles. The Morgan fingerprint density at radius 2 is 1.94 bits per heavy atom. The van der Waals surface area contributed by atoms with Gasteiger partial charge >= 0.3 is 5.97 Å². The number of carbonyl (C=O) groups excluding carboxylic acids is 1. The quantitative estimate of drug-likeness (QED) is 0.667. The van der Waals surface area contributed by atoms with Crippen molar-refractivity contribution in [2.24, 2.45) is 0 Å². The van der Waals surface area contributed by atoms with Crippen LogP contribution >= 0.6 is 15.9 Å². The van der Waals surface area contributed by atoms with Crippen LogP contribution in [0.1, 0.15) is 23.7 Å². The summed E-state index contributed by atoms with van der Waals surface area (Å²) in [6.07, 6.45) is 0.740. The molecule has 1 aromatic rings. The Kier molecular flexibility index (Phi) is 5.27. The first-order valence-electron chi connectivity index (χ1n) is 5.43. The Bertz CT molecular complexity index is 420. The van der Waals surface area contributed by atoms with Gasteiger partial charge in [0.2, 0.25) is 0 Å². The molecule has 18 heavy (non-hydrogen) atoms. The van der Waals surface area contributed by atoms with E-state index in [-0.39, 0.29) is 11.3 Å². The lowest BCUT2D eigenvalue weighted by Crippen LogP contribution is -2.11. The second-order valence-corrected chi connectivity index (χ2v) is 4.31. The summed E-state index contributed by atoms with van der Waals surface area (Å²) in [5.41, 5.74) is 6.33. The van der Waals surface area contributed by atoms with Crippen LogP contribution in [0.2, 0.25) is 0 Å². The van der Waals surface area contributed by atoms with Crippen molar-refractivity contribution in [2.45, 2.75) is 13.3 Å². The molecule has 1 rings (SSSR count). The predicted molar refractivity (Wildman–Crippen MR) is 72.2 cm³/mol. The molecular weight excluding hydrogens is 302 g/mol. The maximum Gasteiger partial charge on any atom is 0.341 e. The van der Waals surface area contributed by atoms with E-state index >= 15 is 0 Å². The summed E-state index contributed by atoms with van der Waals surface area (Å²) >= 11 is 3.29. The molecule has 100 valence electrons. The van der Waals surface area contributed by atoms with Crippen molar-refractivity contribution >= 4 is 27.6 Å². The SMILES string of the molecule is CCCOC(=O)c1c(N)c(OC)cc(OC)c1Br. The highest BCUT2D eigenvalue weighted by molar-refractivity contribution is 9.10. The van der Waals surface area contributed by atoms with Crippen molar-refractivity contribution in [2.75, 3.05) is 26.6 Å². The highest BCUT2D eigenvalue weighted by Gasteiger charge is 2.22. The van der Waals surface area contributed by atoms with Gasteiger partial charge in [0, 0.05) is 6.07 Å². The molecule has 0 atom stereocenters. The Morgan fingerprint density at radius 1 is 1.33 bits per heavy atom. The molecule has 0 radical (unpaired) electrons. The number of carbonyl (C=O) groups is 1. The van der Waals surface area contributed by atoms with Gasteiger partial charge in [0.15, 0.2) is 0 Å². The maximum absolute atomic E-state index is 11.9. The van der Waals surface area contributed by atoms with E-state index in [2.05, 4.69) is 15.9 Å². The predicted octanol–water partition coefficient (Wildman–Crippen LogP) is 2.62. The second-order valence-electron chi connectivity index (χ2n) is 3.52. The minimum absolute atomic E-state index is 0.222. The Hall–Kier alpha value is -1.43. The number of hydrogen-bond donors (Lipinski definition) is 1. The lowest BCUT2D eigenvalue weighted by molar-refractivity contribution is 0.0504. The number of anilines is 1. The second kappa shape index (κ2) is 6.49. The zero-order valence-corrected chi connectivity index (χ0v) is 12.2. The normalized spacial score (nSPS) is 10.0. The van der Waals surface area contributed by atoms with E-state index in [1.165, 1.54) is 14.2 Å². The number of methoxy groups -OCH3 is 2. The van der Waals surface area contributed by atoms with E-state index in [0.29, 0.717) is 22.6 Å². The molecule has 0 aliphatic rings. The molecule has 0 bridgehead atoms. The fourth-order valence-electron chi connectivity index (χ4n) is 1.41. The van der Waals surface area contributed by atoms with Gasteiger partial charge in [-0.05, 0) is 22.4 Å². The average Bonchev–Trinajstić information content (AvgIpc) is 2.37. The van der Waals surface area contributed by atoms with Crippen molar-refractivity contribution in [3.8, 4) is 11.5 Å². The molecule has 0 unspecified atom stereocenters. The number of halogens is 1. The molecule has 0 aromatic heterocycles. The van der Waals surface area contributed by atoms with Crippen LogP contribution in [-0.4, -0.2) is 26.8 Å². The Morgan fingerprint density at radius 3 is 2.44 bits per heavy atom. The summed E-state index contributed by atoms with van der Waals surface area (Å²) < 4.78 is 15.8. The van der Waals surface area contributed by atoms with Crippen molar-refractivity contribution in [1.82, 2.24) is 0 Å². The lowest BCUT2D eigenvalue weighted by atomic mass is 10.1. The maximum atomic E-state index is 11.9. The van der Waals surface area contributed by atoms with Crippen LogP contribution in [0.4, 0.5) is 5.69 Å². The van der Waals surface area contributed by atoms with Crippen LogP contribution in [0.15, 0.2) is 10.5 Å². The Balaban J connectivity index is 3.27. The smallest absolute Gasteiger partial charge is 0.341 e. The van der Waals surface area contributed by atoms with E-state index in [1.54, 1.807) is 6.07 Å². The summed E-state index contributed by atoms with van der Waals surface area (Å²) in [5.74, 6) is 0.335. The molecule has 5 nitrogen and oxygen atoms in total. The van der Waals surface area contributed by atoms with Gasteiger partial charge in [-0.25, -0.2) is 4.79 Å². The zero-order valence-electron chi connectivity index (χ0n) is 10.6. The first-order chi connectivity index (χ1) is 8.56. The summed E-state index contributed by atoms with van der Waals surface area (Å²) in [6, 6.07) is 1.61. The number of nitrogens with two attached hydrogens (primary N) is 1. The molecule has 0 spiro atoms. The fraction of sp³-hybridized carbons (Fsp3) is 0.417. The average molecular weight is 318 g/mol. The number of benzene rings is 1. The van der Waals surface area contributed by atoms with Gasteiger partial charge in [0.05, 0.1) is 31.0 Å². The van der Waals surface area contributed by atoms with Crippen molar-refractivity contribution in [3.63, 3.8) is 0 Å². The summed E-state index contributed by atoms with van der Waals surface area (Å²) in [6.45, 7) is 2.25.